The molecule has 0 saturated carbocycles. The number of nitrogens with two attached hydrogens (primary N) is 1. The Labute approximate surface area is 124 Å². The molecule has 2 aromatic rings. The highest BCUT2D eigenvalue weighted by Crippen LogP contribution is 2.27. The highest BCUT2D eigenvalue weighted by molar-refractivity contribution is 6.30. The Morgan fingerprint density at radius 3 is 2.65 bits per heavy atom. The minimum Gasteiger partial charge on any atom is -0.488 e. The van der Waals surface area contributed by atoms with E-state index in [9.17, 15) is 0 Å². The lowest BCUT2D eigenvalue weighted by atomic mass is 10.1. The van der Waals surface area contributed by atoms with E-state index in [1.54, 1.807) is 4.68 Å². The summed E-state index contributed by atoms with van der Waals surface area (Å²) in [6, 6.07) is 5.97. The summed E-state index contributed by atoms with van der Waals surface area (Å²) >= 11 is 6.21. The highest BCUT2D eigenvalue weighted by atomic mass is 35.5. The quantitative estimate of drug-likeness (QED) is 0.941. The number of hydrogen-bond acceptors (Lipinski definition) is 3. The van der Waals surface area contributed by atoms with E-state index >= 15 is 0 Å². The molecule has 0 fully saturated rings. The lowest BCUT2D eigenvalue weighted by molar-refractivity contribution is 0.300. The summed E-state index contributed by atoms with van der Waals surface area (Å²) in [5.74, 6) is 0.805. The maximum atomic E-state index is 6.21. The van der Waals surface area contributed by atoms with E-state index in [1.807, 2.05) is 46.0 Å². The number of aromatic nitrogens is 2. The van der Waals surface area contributed by atoms with Crippen LogP contribution in [0.3, 0.4) is 0 Å². The van der Waals surface area contributed by atoms with Crippen LogP contribution in [-0.4, -0.2) is 9.78 Å². The van der Waals surface area contributed by atoms with Crippen LogP contribution in [0.1, 0.15) is 35.3 Å². The molecule has 0 radical (unpaired) electrons. The maximum absolute atomic E-state index is 6.21. The fourth-order valence-electron chi connectivity index (χ4n) is 2.13. The molecule has 5 heteroatoms. The predicted molar refractivity (Wildman–Crippen MR) is 81.1 cm³/mol. The normalized spacial score (nSPS) is 12.5. The van der Waals surface area contributed by atoms with E-state index in [0.717, 1.165) is 28.1 Å². The Bertz CT molecular complexity index is 620. The van der Waals surface area contributed by atoms with Gasteiger partial charge in [-0.25, -0.2) is 0 Å². The standard InChI is InChI=1S/C15H20ClN3O/c1-9-5-6-12(10(2)17)14(7-9)20-8-13-11(3)18-19(4)15(13)16/h5-7,10H,8,17H2,1-4H3/t10-/m0/s1. The Balaban J connectivity index is 2.24. The van der Waals surface area contributed by atoms with E-state index in [-0.39, 0.29) is 6.04 Å². The van der Waals surface area contributed by atoms with Gasteiger partial charge in [-0.3, -0.25) is 4.68 Å². The fraction of sp³-hybridized carbons (Fsp3) is 0.400. The molecule has 1 aromatic carbocycles. The average Bonchev–Trinajstić information content (AvgIpc) is 2.61. The summed E-state index contributed by atoms with van der Waals surface area (Å²) in [7, 11) is 1.82. The van der Waals surface area contributed by atoms with Gasteiger partial charge in [-0.2, -0.15) is 5.10 Å². The third kappa shape index (κ3) is 2.97. The van der Waals surface area contributed by atoms with Crippen LogP contribution in [0.15, 0.2) is 18.2 Å². The van der Waals surface area contributed by atoms with Gasteiger partial charge in [0, 0.05) is 24.2 Å². The van der Waals surface area contributed by atoms with Gasteiger partial charge in [0.2, 0.25) is 0 Å². The van der Waals surface area contributed by atoms with Crippen LogP contribution in [-0.2, 0) is 13.7 Å². The van der Waals surface area contributed by atoms with Gasteiger partial charge in [0.15, 0.2) is 0 Å². The van der Waals surface area contributed by atoms with Crippen LogP contribution >= 0.6 is 11.6 Å². The molecule has 1 aromatic heterocycles. The smallest absolute Gasteiger partial charge is 0.133 e. The molecule has 20 heavy (non-hydrogen) atoms. The van der Waals surface area contributed by atoms with Crippen LogP contribution in [0.4, 0.5) is 0 Å². The molecule has 0 amide bonds. The number of ether oxygens (including phenoxy) is 1. The van der Waals surface area contributed by atoms with Gasteiger partial charge in [0.1, 0.15) is 17.5 Å². The summed E-state index contributed by atoms with van der Waals surface area (Å²) < 4.78 is 7.57. The molecule has 0 saturated heterocycles. The van der Waals surface area contributed by atoms with E-state index in [2.05, 4.69) is 5.10 Å². The van der Waals surface area contributed by atoms with Gasteiger partial charge in [0.25, 0.3) is 0 Å². The topological polar surface area (TPSA) is 53.1 Å². The number of nitrogens with zero attached hydrogens (tertiary/aromatic N) is 2. The molecule has 0 aliphatic rings. The Hall–Kier alpha value is -1.52. The average molecular weight is 294 g/mol. The summed E-state index contributed by atoms with van der Waals surface area (Å²) in [6.45, 7) is 6.29. The van der Waals surface area contributed by atoms with Crippen molar-refractivity contribution in [2.45, 2.75) is 33.4 Å². The molecule has 0 bridgehead atoms. The van der Waals surface area contributed by atoms with Crippen molar-refractivity contribution in [2.24, 2.45) is 12.8 Å². The Morgan fingerprint density at radius 2 is 2.10 bits per heavy atom. The Morgan fingerprint density at radius 1 is 1.40 bits per heavy atom. The third-order valence-corrected chi connectivity index (χ3v) is 3.77. The molecule has 0 aliphatic heterocycles. The molecule has 1 heterocycles. The fourth-order valence-corrected chi connectivity index (χ4v) is 2.36. The van der Waals surface area contributed by atoms with Crippen molar-refractivity contribution in [1.82, 2.24) is 9.78 Å². The van der Waals surface area contributed by atoms with Crippen molar-refractivity contribution in [3.8, 4) is 5.75 Å². The molecule has 0 aliphatic carbocycles. The lowest BCUT2D eigenvalue weighted by Crippen LogP contribution is -2.08. The second kappa shape index (κ2) is 5.85. The van der Waals surface area contributed by atoms with E-state index in [0.29, 0.717) is 11.8 Å². The number of aryl methyl sites for hydroxylation is 3. The zero-order chi connectivity index (χ0) is 14.9. The first kappa shape index (κ1) is 14.9. The number of hydrogen-bond donors (Lipinski definition) is 1. The second-order valence-corrected chi connectivity index (χ2v) is 5.46. The van der Waals surface area contributed by atoms with E-state index in [4.69, 9.17) is 22.1 Å². The minimum atomic E-state index is -0.0731. The zero-order valence-electron chi connectivity index (χ0n) is 12.3. The summed E-state index contributed by atoms with van der Waals surface area (Å²) in [6.07, 6.45) is 0. The van der Waals surface area contributed by atoms with Gasteiger partial charge in [-0.1, -0.05) is 23.7 Å². The largest absolute Gasteiger partial charge is 0.488 e. The molecule has 0 spiro atoms. The van der Waals surface area contributed by atoms with Crippen LogP contribution in [0.5, 0.6) is 5.75 Å². The number of rotatable bonds is 4. The van der Waals surface area contributed by atoms with Crippen LogP contribution in [0.2, 0.25) is 5.15 Å². The van der Waals surface area contributed by atoms with Crippen LogP contribution < -0.4 is 10.5 Å². The van der Waals surface area contributed by atoms with Crippen molar-refractivity contribution >= 4 is 11.6 Å². The zero-order valence-corrected chi connectivity index (χ0v) is 13.0. The number of halogens is 1. The van der Waals surface area contributed by atoms with Crippen molar-refractivity contribution in [1.29, 1.82) is 0 Å². The highest BCUT2D eigenvalue weighted by Gasteiger charge is 2.14. The van der Waals surface area contributed by atoms with Crippen LogP contribution in [0, 0.1) is 13.8 Å². The Kier molecular flexibility index (Phi) is 4.35. The summed E-state index contributed by atoms with van der Waals surface area (Å²) in [4.78, 5) is 0. The van der Waals surface area contributed by atoms with Crippen molar-refractivity contribution in [3.05, 3.63) is 45.7 Å². The minimum absolute atomic E-state index is 0.0731. The maximum Gasteiger partial charge on any atom is 0.133 e. The van der Waals surface area contributed by atoms with Gasteiger partial charge >= 0.3 is 0 Å². The van der Waals surface area contributed by atoms with Crippen molar-refractivity contribution in [2.75, 3.05) is 0 Å². The second-order valence-electron chi connectivity index (χ2n) is 5.10. The van der Waals surface area contributed by atoms with Crippen molar-refractivity contribution in [3.63, 3.8) is 0 Å². The van der Waals surface area contributed by atoms with E-state index < -0.39 is 0 Å². The van der Waals surface area contributed by atoms with Gasteiger partial charge in [-0.15, -0.1) is 0 Å². The molecule has 2 N–H and O–H groups in total. The molecular weight excluding hydrogens is 274 g/mol. The monoisotopic (exact) mass is 293 g/mol. The number of benzene rings is 1. The van der Waals surface area contributed by atoms with Gasteiger partial charge in [0.05, 0.1) is 5.69 Å². The van der Waals surface area contributed by atoms with Crippen LogP contribution in [0.25, 0.3) is 0 Å². The van der Waals surface area contributed by atoms with E-state index in [1.165, 1.54) is 0 Å². The molecule has 4 nitrogen and oxygen atoms in total. The molecule has 2 rings (SSSR count). The van der Waals surface area contributed by atoms with Gasteiger partial charge in [-0.05, 0) is 32.4 Å². The first-order chi connectivity index (χ1) is 9.40. The molecule has 0 unspecified atom stereocenters. The lowest BCUT2D eigenvalue weighted by Gasteiger charge is -2.14. The molecule has 1 atom stereocenters. The first-order valence-electron chi connectivity index (χ1n) is 6.57. The summed E-state index contributed by atoms with van der Waals surface area (Å²) in [5, 5.41) is 4.89. The summed E-state index contributed by atoms with van der Waals surface area (Å²) in [5.41, 5.74) is 9.90. The van der Waals surface area contributed by atoms with Crippen molar-refractivity contribution < 1.29 is 4.74 Å². The third-order valence-electron chi connectivity index (χ3n) is 3.30. The van der Waals surface area contributed by atoms with Gasteiger partial charge < -0.3 is 10.5 Å². The first-order valence-corrected chi connectivity index (χ1v) is 6.95. The SMILES string of the molecule is Cc1ccc([C@H](C)N)c(OCc2c(C)nn(C)c2Cl)c1. The predicted octanol–water partition coefficient (Wildman–Crippen LogP) is 3.29. The molecular formula is C15H20ClN3O. The molecule has 108 valence electrons.